The van der Waals surface area contributed by atoms with Gasteiger partial charge < -0.3 is 15.4 Å². The summed E-state index contributed by atoms with van der Waals surface area (Å²) in [6.45, 7) is 0.682. The van der Waals surface area contributed by atoms with Crippen molar-refractivity contribution in [1.82, 2.24) is 20.8 Å². The molecule has 0 radical (unpaired) electrons. The van der Waals surface area contributed by atoms with Gasteiger partial charge in [0.15, 0.2) is 10.8 Å². The molecule has 0 bridgehead atoms. The van der Waals surface area contributed by atoms with Gasteiger partial charge in [-0.2, -0.15) is 0 Å². The summed E-state index contributed by atoms with van der Waals surface area (Å²) in [6, 6.07) is 2.87. The summed E-state index contributed by atoms with van der Waals surface area (Å²) in [5, 5.41) is 12.3. The smallest absolute Gasteiger partial charge is 0.272 e. The first-order valence-corrected chi connectivity index (χ1v) is 5.54. The molecule has 0 aliphatic carbocycles. The van der Waals surface area contributed by atoms with E-state index in [0.717, 1.165) is 0 Å². The highest BCUT2D eigenvalue weighted by atomic mass is 35.5. The van der Waals surface area contributed by atoms with Crippen LogP contribution in [0.1, 0.15) is 10.5 Å². The predicted octanol–water partition coefficient (Wildman–Crippen LogP) is -0.378. The van der Waals surface area contributed by atoms with Gasteiger partial charge in [-0.05, 0) is 12.1 Å². The maximum Gasteiger partial charge on any atom is 0.272 e. The summed E-state index contributed by atoms with van der Waals surface area (Å²) in [5.41, 5.74) is 0.101. The van der Waals surface area contributed by atoms with Gasteiger partial charge in [0.05, 0.1) is 13.2 Å². The van der Waals surface area contributed by atoms with Crippen LogP contribution in [0.2, 0.25) is 5.15 Å². The minimum Gasteiger partial charge on any atom is -0.383 e. The molecule has 0 unspecified atom stereocenters. The molecule has 1 rings (SSSR count). The van der Waals surface area contributed by atoms with E-state index in [1.807, 2.05) is 0 Å². The quantitative estimate of drug-likeness (QED) is 0.689. The number of rotatable bonds is 6. The van der Waals surface area contributed by atoms with Gasteiger partial charge in [0.25, 0.3) is 5.91 Å². The highest BCUT2D eigenvalue weighted by Gasteiger charge is 2.09. The number of carbonyl (C=O) groups excluding carboxylic acids is 2. The van der Waals surface area contributed by atoms with Crippen molar-refractivity contribution in [1.29, 1.82) is 0 Å². The van der Waals surface area contributed by atoms with Crippen molar-refractivity contribution < 1.29 is 14.3 Å². The van der Waals surface area contributed by atoms with Crippen molar-refractivity contribution in [2.75, 3.05) is 26.8 Å². The van der Waals surface area contributed by atoms with Crippen LogP contribution in [0, 0.1) is 0 Å². The minimum atomic E-state index is -0.485. The second-order valence-electron chi connectivity index (χ2n) is 3.27. The summed E-state index contributed by atoms with van der Waals surface area (Å²) in [4.78, 5) is 22.8. The second kappa shape index (κ2) is 7.57. The lowest BCUT2D eigenvalue weighted by Gasteiger charge is -2.05. The highest BCUT2D eigenvalue weighted by Crippen LogP contribution is 2.01. The molecule has 0 atom stereocenters. The van der Waals surface area contributed by atoms with E-state index < -0.39 is 5.91 Å². The Labute approximate surface area is 109 Å². The molecule has 0 spiro atoms. The van der Waals surface area contributed by atoms with Gasteiger partial charge in [0, 0.05) is 13.7 Å². The summed E-state index contributed by atoms with van der Waals surface area (Å²) in [5.74, 6) is -0.789. The zero-order valence-electron chi connectivity index (χ0n) is 9.77. The van der Waals surface area contributed by atoms with E-state index in [9.17, 15) is 9.59 Å². The molecule has 0 aliphatic heterocycles. The van der Waals surface area contributed by atoms with Crippen LogP contribution in [0.5, 0.6) is 0 Å². The van der Waals surface area contributed by atoms with E-state index in [0.29, 0.717) is 13.2 Å². The number of nitrogens with zero attached hydrogens (tertiary/aromatic N) is 2. The van der Waals surface area contributed by atoms with E-state index in [4.69, 9.17) is 16.3 Å². The van der Waals surface area contributed by atoms with Crippen LogP contribution in [0.3, 0.4) is 0 Å². The molecule has 1 aromatic rings. The molecule has 1 aromatic heterocycles. The van der Waals surface area contributed by atoms with Crippen LogP contribution < -0.4 is 10.6 Å². The lowest BCUT2D eigenvalue weighted by atomic mass is 10.3. The van der Waals surface area contributed by atoms with Crippen LogP contribution in [0.4, 0.5) is 0 Å². The Morgan fingerprint density at radius 1 is 1.33 bits per heavy atom. The van der Waals surface area contributed by atoms with E-state index in [1.54, 1.807) is 0 Å². The number of amides is 2. The first-order valence-electron chi connectivity index (χ1n) is 5.16. The van der Waals surface area contributed by atoms with Gasteiger partial charge in [0.2, 0.25) is 5.91 Å². The molecule has 2 amide bonds. The molecular weight excluding hydrogens is 260 g/mol. The number of ether oxygens (including phenoxy) is 1. The van der Waals surface area contributed by atoms with Gasteiger partial charge in [0.1, 0.15) is 0 Å². The Balaban J connectivity index is 2.32. The fourth-order valence-electron chi connectivity index (χ4n) is 1.04. The summed E-state index contributed by atoms with van der Waals surface area (Å²) in [6.07, 6.45) is 0. The molecule has 0 saturated heterocycles. The van der Waals surface area contributed by atoms with E-state index >= 15 is 0 Å². The average molecular weight is 273 g/mol. The zero-order chi connectivity index (χ0) is 13.4. The lowest BCUT2D eigenvalue weighted by molar-refractivity contribution is -0.120. The third-order valence-electron chi connectivity index (χ3n) is 1.90. The van der Waals surface area contributed by atoms with Gasteiger partial charge in [-0.15, -0.1) is 10.2 Å². The number of carbonyl (C=O) groups is 2. The van der Waals surface area contributed by atoms with Crippen molar-refractivity contribution in [3.05, 3.63) is 23.0 Å². The second-order valence-corrected chi connectivity index (χ2v) is 3.65. The number of nitrogens with one attached hydrogen (secondary N) is 2. The van der Waals surface area contributed by atoms with Crippen molar-refractivity contribution in [3.63, 3.8) is 0 Å². The van der Waals surface area contributed by atoms with Crippen molar-refractivity contribution in [2.45, 2.75) is 0 Å². The predicted molar refractivity (Wildman–Crippen MR) is 64.3 cm³/mol. The van der Waals surface area contributed by atoms with Crippen LogP contribution in [-0.4, -0.2) is 48.8 Å². The SMILES string of the molecule is COCCNC(=O)CNC(=O)c1ccc(Cl)nn1. The van der Waals surface area contributed by atoms with Crippen LogP contribution >= 0.6 is 11.6 Å². The largest absolute Gasteiger partial charge is 0.383 e. The topological polar surface area (TPSA) is 93.2 Å². The average Bonchev–Trinajstić information content (AvgIpc) is 2.37. The summed E-state index contributed by atoms with van der Waals surface area (Å²) in [7, 11) is 1.53. The third-order valence-corrected chi connectivity index (χ3v) is 2.10. The first-order chi connectivity index (χ1) is 8.63. The van der Waals surface area contributed by atoms with E-state index in [2.05, 4.69) is 20.8 Å². The summed E-state index contributed by atoms with van der Waals surface area (Å²) >= 11 is 5.53. The molecule has 0 aliphatic rings. The van der Waals surface area contributed by atoms with Gasteiger partial charge in [-0.3, -0.25) is 9.59 Å². The Morgan fingerprint density at radius 3 is 2.72 bits per heavy atom. The molecule has 8 heteroatoms. The number of methoxy groups -OCH3 is 1. The van der Waals surface area contributed by atoms with Gasteiger partial charge >= 0.3 is 0 Å². The highest BCUT2D eigenvalue weighted by molar-refractivity contribution is 6.29. The van der Waals surface area contributed by atoms with Crippen LogP contribution in [-0.2, 0) is 9.53 Å². The van der Waals surface area contributed by atoms with E-state index in [-0.39, 0.29) is 23.3 Å². The molecule has 2 N–H and O–H groups in total. The molecule has 18 heavy (non-hydrogen) atoms. The van der Waals surface area contributed by atoms with Gasteiger partial charge in [-0.25, -0.2) is 0 Å². The van der Waals surface area contributed by atoms with E-state index in [1.165, 1.54) is 19.2 Å². The van der Waals surface area contributed by atoms with Crippen LogP contribution in [0.25, 0.3) is 0 Å². The third kappa shape index (κ3) is 5.07. The summed E-state index contributed by atoms with van der Waals surface area (Å²) < 4.78 is 4.77. The van der Waals surface area contributed by atoms with Gasteiger partial charge in [-0.1, -0.05) is 11.6 Å². The molecule has 98 valence electrons. The standard InChI is InChI=1S/C10H13ClN4O3/c1-18-5-4-12-9(16)6-13-10(17)7-2-3-8(11)15-14-7/h2-3H,4-6H2,1H3,(H,12,16)(H,13,17). The Morgan fingerprint density at radius 2 is 2.11 bits per heavy atom. The zero-order valence-corrected chi connectivity index (χ0v) is 10.5. The molecule has 0 aromatic carbocycles. The number of aromatic nitrogens is 2. The normalized spacial score (nSPS) is 9.89. The number of hydrogen-bond acceptors (Lipinski definition) is 5. The molecule has 1 heterocycles. The Kier molecular flexibility index (Phi) is 6.03. The van der Waals surface area contributed by atoms with Crippen molar-refractivity contribution in [2.24, 2.45) is 0 Å². The maximum absolute atomic E-state index is 11.5. The van der Waals surface area contributed by atoms with Crippen molar-refractivity contribution in [3.8, 4) is 0 Å². The Bertz CT molecular complexity index is 410. The fourth-order valence-corrected chi connectivity index (χ4v) is 1.14. The minimum absolute atomic E-state index is 0.101. The monoisotopic (exact) mass is 272 g/mol. The number of hydrogen-bond donors (Lipinski definition) is 2. The van der Waals surface area contributed by atoms with Crippen molar-refractivity contribution >= 4 is 23.4 Å². The molecule has 0 fully saturated rings. The first kappa shape index (κ1) is 14.3. The Hall–Kier alpha value is -1.73. The molecular formula is C10H13ClN4O3. The fraction of sp³-hybridized carbons (Fsp3) is 0.400. The maximum atomic E-state index is 11.5. The molecule has 0 saturated carbocycles. The lowest BCUT2D eigenvalue weighted by Crippen LogP contribution is -2.38. The van der Waals surface area contributed by atoms with Crippen LogP contribution in [0.15, 0.2) is 12.1 Å². The number of halogens is 1. The molecule has 7 nitrogen and oxygen atoms in total.